The van der Waals surface area contributed by atoms with Gasteiger partial charge in [-0.1, -0.05) is 5.16 Å². The SMILES string of the molecule is Cn1cnc2ncn(Cc3nc(C4C5CN(c6cc(F)ccn6)CC54)no3)c(=O)c21. The highest BCUT2D eigenvalue weighted by molar-refractivity contribution is 5.68. The summed E-state index contributed by atoms with van der Waals surface area (Å²) >= 11 is 0. The maximum Gasteiger partial charge on any atom is 0.280 e. The molecule has 1 aliphatic carbocycles. The van der Waals surface area contributed by atoms with E-state index in [0.717, 1.165) is 13.1 Å². The fourth-order valence-electron chi connectivity index (χ4n) is 4.46. The molecule has 30 heavy (non-hydrogen) atoms. The molecule has 0 amide bonds. The van der Waals surface area contributed by atoms with Crippen molar-refractivity contribution < 1.29 is 8.91 Å². The number of pyridine rings is 1. The van der Waals surface area contributed by atoms with E-state index in [0.29, 0.717) is 40.5 Å². The molecule has 4 aromatic heterocycles. The van der Waals surface area contributed by atoms with Crippen LogP contribution in [0.15, 0.2) is 40.3 Å². The second-order valence-electron chi connectivity index (χ2n) is 7.84. The Morgan fingerprint density at radius 1 is 1.20 bits per heavy atom. The van der Waals surface area contributed by atoms with Crippen molar-refractivity contribution in [1.29, 1.82) is 0 Å². The first-order valence-electron chi connectivity index (χ1n) is 9.64. The maximum absolute atomic E-state index is 13.4. The predicted molar refractivity (Wildman–Crippen MR) is 102 cm³/mol. The molecule has 152 valence electrons. The quantitative estimate of drug-likeness (QED) is 0.491. The first kappa shape index (κ1) is 17.2. The lowest BCUT2D eigenvalue weighted by molar-refractivity contribution is 0.363. The van der Waals surface area contributed by atoms with Gasteiger partial charge in [0.1, 0.15) is 24.5 Å². The van der Waals surface area contributed by atoms with Crippen LogP contribution in [0.3, 0.4) is 0 Å². The van der Waals surface area contributed by atoms with Crippen molar-refractivity contribution in [2.75, 3.05) is 18.0 Å². The van der Waals surface area contributed by atoms with Gasteiger partial charge < -0.3 is 14.0 Å². The van der Waals surface area contributed by atoms with Gasteiger partial charge in [-0.3, -0.25) is 9.36 Å². The van der Waals surface area contributed by atoms with Gasteiger partial charge in [0.2, 0.25) is 5.89 Å². The van der Waals surface area contributed by atoms with Crippen LogP contribution in [0.25, 0.3) is 11.2 Å². The van der Waals surface area contributed by atoms with Crippen LogP contribution in [0.5, 0.6) is 0 Å². The minimum Gasteiger partial charge on any atom is -0.356 e. The highest BCUT2D eigenvalue weighted by Crippen LogP contribution is 2.57. The van der Waals surface area contributed by atoms with Crippen LogP contribution in [0.2, 0.25) is 0 Å². The first-order chi connectivity index (χ1) is 14.6. The summed E-state index contributed by atoms with van der Waals surface area (Å²) in [5.74, 6) is 2.42. The van der Waals surface area contributed by atoms with Crippen molar-refractivity contribution >= 4 is 17.0 Å². The number of hydrogen-bond acceptors (Lipinski definition) is 8. The molecule has 0 aromatic carbocycles. The third kappa shape index (κ3) is 2.61. The molecule has 0 N–H and O–H groups in total. The van der Waals surface area contributed by atoms with Gasteiger partial charge in [-0.15, -0.1) is 0 Å². The number of anilines is 1. The van der Waals surface area contributed by atoms with E-state index in [1.807, 2.05) is 0 Å². The van der Waals surface area contributed by atoms with Crippen molar-refractivity contribution in [2.24, 2.45) is 18.9 Å². The van der Waals surface area contributed by atoms with Gasteiger partial charge in [0.15, 0.2) is 17.0 Å². The van der Waals surface area contributed by atoms with Gasteiger partial charge in [0, 0.05) is 38.3 Å². The Bertz CT molecular complexity index is 1320. The molecular weight excluding hydrogens is 391 g/mol. The Morgan fingerprint density at radius 3 is 2.80 bits per heavy atom. The Labute approximate surface area is 169 Å². The van der Waals surface area contributed by atoms with E-state index in [4.69, 9.17) is 4.52 Å². The number of imidazole rings is 1. The molecule has 11 heteroatoms. The minimum atomic E-state index is -0.283. The van der Waals surface area contributed by atoms with E-state index in [2.05, 4.69) is 30.0 Å². The highest BCUT2D eigenvalue weighted by atomic mass is 19.1. The molecular formula is C19H17FN8O2. The summed E-state index contributed by atoms with van der Waals surface area (Å²) in [4.78, 5) is 31.8. The van der Waals surface area contributed by atoms with E-state index in [-0.39, 0.29) is 23.8 Å². The molecule has 0 spiro atoms. The summed E-state index contributed by atoms with van der Waals surface area (Å²) in [5.41, 5.74) is 0.634. The second kappa shape index (κ2) is 6.18. The normalized spacial score (nSPS) is 22.6. The standard InChI is InChI=1S/C19H17FN8O2/c1-26-8-22-18-16(26)19(29)28(9-23-18)7-14-24-17(25-30-14)15-11-5-27(6-12(11)15)13-4-10(20)2-3-21-13/h2-4,8-9,11-12,15H,5-7H2,1H3. The molecule has 1 saturated heterocycles. The van der Waals surface area contributed by atoms with E-state index in [1.165, 1.54) is 29.2 Å². The van der Waals surface area contributed by atoms with Gasteiger partial charge >= 0.3 is 0 Å². The number of hydrogen-bond donors (Lipinski definition) is 0. The molecule has 0 radical (unpaired) electrons. The first-order valence-corrected chi connectivity index (χ1v) is 9.64. The zero-order chi connectivity index (χ0) is 20.4. The Morgan fingerprint density at radius 2 is 2.00 bits per heavy atom. The van der Waals surface area contributed by atoms with Crippen LogP contribution in [0.4, 0.5) is 10.2 Å². The van der Waals surface area contributed by atoms with Crippen molar-refractivity contribution in [3.8, 4) is 0 Å². The third-order valence-corrected chi connectivity index (χ3v) is 6.01. The number of nitrogens with zero attached hydrogens (tertiary/aromatic N) is 8. The molecule has 6 rings (SSSR count). The molecule has 0 bridgehead atoms. The second-order valence-corrected chi connectivity index (χ2v) is 7.84. The molecule has 2 atom stereocenters. The number of aryl methyl sites for hydroxylation is 1. The predicted octanol–water partition coefficient (Wildman–Crippen LogP) is 0.945. The topological polar surface area (TPSA) is 108 Å². The van der Waals surface area contributed by atoms with Gasteiger partial charge in [0.05, 0.1) is 6.33 Å². The molecule has 2 unspecified atom stereocenters. The zero-order valence-corrected chi connectivity index (χ0v) is 16.0. The Hall–Kier alpha value is -3.63. The number of fused-ring (bicyclic) bond motifs is 2. The minimum absolute atomic E-state index is 0.154. The molecule has 1 saturated carbocycles. The van der Waals surface area contributed by atoms with E-state index in [9.17, 15) is 9.18 Å². The van der Waals surface area contributed by atoms with Crippen LogP contribution in [-0.4, -0.2) is 47.3 Å². The molecule has 4 aromatic rings. The van der Waals surface area contributed by atoms with Crippen molar-refractivity contribution in [2.45, 2.75) is 12.5 Å². The van der Waals surface area contributed by atoms with E-state index in [1.54, 1.807) is 17.9 Å². The van der Waals surface area contributed by atoms with Gasteiger partial charge in [-0.05, 0) is 17.9 Å². The van der Waals surface area contributed by atoms with Crippen molar-refractivity contribution in [3.63, 3.8) is 0 Å². The number of aromatic nitrogens is 7. The van der Waals surface area contributed by atoms with E-state index < -0.39 is 0 Å². The van der Waals surface area contributed by atoms with E-state index >= 15 is 0 Å². The Kier molecular flexibility index (Phi) is 3.55. The highest BCUT2D eigenvalue weighted by Gasteiger charge is 2.58. The fourth-order valence-corrected chi connectivity index (χ4v) is 4.46. The molecule has 2 fully saturated rings. The van der Waals surface area contributed by atoms with Crippen LogP contribution < -0.4 is 10.5 Å². The summed E-state index contributed by atoms with van der Waals surface area (Å²) < 4.78 is 21.9. The maximum atomic E-state index is 13.4. The zero-order valence-electron chi connectivity index (χ0n) is 16.0. The lowest BCUT2D eigenvalue weighted by Gasteiger charge is -2.20. The molecule has 1 aliphatic heterocycles. The molecule has 5 heterocycles. The summed E-state index contributed by atoms with van der Waals surface area (Å²) in [6.45, 7) is 1.73. The fraction of sp³-hybridized carbons (Fsp3) is 0.368. The number of piperidine rings is 1. The van der Waals surface area contributed by atoms with Gasteiger partial charge in [-0.25, -0.2) is 19.3 Å². The summed E-state index contributed by atoms with van der Waals surface area (Å²) in [5, 5.41) is 4.13. The third-order valence-electron chi connectivity index (χ3n) is 6.01. The lowest BCUT2D eigenvalue weighted by atomic mass is 10.2. The monoisotopic (exact) mass is 408 g/mol. The van der Waals surface area contributed by atoms with Crippen LogP contribution in [0.1, 0.15) is 17.6 Å². The average molecular weight is 408 g/mol. The largest absolute Gasteiger partial charge is 0.356 e. The molecule has 10 nitrogen and oxygen atoms in total. The van der Waals surface area contributed by atoms with Gasteiger partial charge in [-0.2, -0.15) is 4.98 Å². The summed E-state index contributed by atoms with van der Waals surface area (Å²) in [6, 6.07) is 2.80. The van der Waals surface area contributed by atoms with Crippen LogP contribution in [0, 0.1) is 17.7 Å². The van der Waals surface area contributed by atoms with Crippen molar-refractivity contribution in [1.82, 2.24) is 34.2 Å². The molecule has 2 aliphatic rings. The smallest absolute Gasteiger partial charge is 0.280 e. The average Bonchev–Trinajstić information content (AvgIpc) is 3.16. The number of halogens is 1. The van der Waals surface area contributed by atoms with Crippen LogP contribution in [-0.2, 0) is 13.6 Å². The lowest BCUT2D eigenvalue weighted by Crippen LogP contribution is -2.24. The number of rotatable bonds is 4. The van der Waals surface area contributed by atoms with Crippen molar-refractivity contribution in [3.05, 3.63) is 58.9 Å². The summed E-state index contributed by atoms with van der Waals surface area (Å²) in [6.07, 6.45) is 4.48. The Balaban J connectivity index is 1.17. The summed E-state index contributed by atoms with van der Waals surface area (Å²) in [7, 11) is 1.75. The van der Waals surface area contributed by atoms with Gasteiger partial charge in [0.25, 0.3) is 5.56 Å². The van der Waals surface area contributed by atoms with Crippen LogP contribution >= 0.6 is 0 Å².